The van der Waals surface area contributed by atoms with E-state index in [-0.39, 0.29) is 11.9 Å². The largest absolute Gasteiger partial charge is 0.355 e. The molecule has 2 saturated heterocycles. The number of likely N-dealkylation sites (tertiary alicyclic amines) is 1. The van der Waals surface area contributed by atoms with Crippen LogP contribution in [0.4, 0.5) is 5.82 Å². The normalized spacial score (nSPS) is 22.8. The number of benzene rings is 1. The second-order valence-corrected chi connectivity index (χ2v) is 8.29. The predicted octanol–water partition coefficient (Wildman–Crippen LogP) is 3.30. The molecule has 0 saturated carbocycles. The summed E-state index contributed by atoms with van der Waals surface area (Å²) in [4.78, 5) is 34.2. The Morgan fingerprint density at radius 1 is 0.935 bits per heavy atom. The SMILES string of the molecule is O=C(c1ccccn1)N1C[C@@H]2CN(c3ncnc4[nH]ccc34)C[C@@H]2[C@@H]1c1ccccc1. The zero-order valence-corrected chi connectivity index (χ0v) is 16.9. The molecular weight excluding hydrogens is 388 g/mol. The molecule has 154 valence electrons. The molecule has 0 bridgehead atoms. The van der Waals surface area contributed by atoms with E-state index in [9.17, 15) is 4.79 Å². The number of fused-ring (bicyclic) bond motifs is 2. The third-order valence-corrected chi connectivity index (χ3v) is 6.58. The van der Waals surface area contributed by atoms with Crippen molar-refractivity contribution in [3.63, 3.8) is 0 Å². The van der Waals surface area contributed by atoms with Crippen molar-refractivity contribution in [2.75, 3.05) is 24.5 Å². The van der Waals surface area contributed by atoms with Gasteiger partial charge in [0.1, 0.15) is 23.5 Å². The van der Waals surface area contributed by atoms with E-state index in [2.05, 4.69) is 37.0 Å². The second kappa shape index (κ2) is 7.19. The number of nitrogens with one attached hydrogen (secondary N) is 1. The highest BCUT2D eigenvalue weighted by Gasteiger charge is 2.49. The third-order valence-electron chi connectivity index (χ3n) is 6.58. The van der Waals surface area contributed by atoms with Crippen LogP contribution in [0.1, 0.15) is 22.1 Å². The Labute approximate surface area is 179 Å². The molecule has 3 aromatic heterocycles. The number of carbonyl (C=O) groups excluding carboxylic acids is 1. The summed E-state index contributed by atoms with van der Waals surface area (Å²) in [6.45, 7) is 2.45. The molecule has 0 spiro atoms. The highest BCUT2D eigenvalue weighted by Crippen LogP contribution is 2.46. The number of anilines is 1. The van der Waals surface area contributed by atoms with Crippen molar-refractivity contribution < 1.29 is 4.79 Å². The minimum Gasteiger partial charge on any atom is -0.355 e. The Balaban J connectivity index is 1.35. The fourth-order valence-corrected chi connectivity index (χ4v) is 5.25. The lowest BCUT2D eigenvalue weighted by Crippen LogP contribution is -2.36. The van der Waals surface area contributed by atoms with Gasteiger partial charge in [0.25, 0.3) is 5.91 Å². The Kier molecular flexibility index (Phi) is 4.19. The summed E-state index contributed by atoms with van der Waals surface area (Å²) in [5, 5.41) is 1.04. The highest BCUT2D eigenvalue weighted by molar-refractivity contribution is 5.93. The van der Waals surface area contributed by atoms with Gasteiger partial charge in [-0.15, -0.1) is 0 Å². The maximum absolute atomic E-state index is 13.4. The van der Waals surface area contributed by atoms with Crippen molar-refractivity contribution in [2.24, 2.45) is 11.8 Å². The molecule has 2 aliphatic rings. The highest BCUT2D eigenvalue weighted by atomic mass is 16.2. The van der Waals surface area contributed by atoms with Crippen LogP contribution in [0.5, 0.6) is 0 Å². The minimum atomic E-state index is 0.00506. The van der Waals surface area contributed by atoms with Crippen LogP contribution >= 0.6 is 0 Å². The van der Waals surface area contributed by atoms with Crippen LogP contribution in [0.15, 0.2) is 73.3 Å². The Bertz CT molecular complexity index is 1220. The van der Waals surface area contributed by atoms with Gasteiger partial charge in [-0.2, -0.15) is 0 Å². The van der Waals surface area contributed by atoms with Crippen LogP contribution in [-0.2, 0) is 0 Å². The van der Waals surface area contributed by atoms with Gasteiger partial charge in [0.2, 0.25) is 0 Å². The maximum atomic E-state index is 13.4. The van der Waals surface area contributed by atoms with Crippen LogP contribution in [0, 0.1) is 11.8 Å². The van der Waals surface area contributed by atoms with Gasteiger partial charge in [-0.25, -0.2) is 9.97 Å². The van der Waals surface area contributed by atoms with E-state index in [0.29, 0.717) is 17.5 Å². The zero-order valence-electron chi connectivity index (χ0n) is 16.9. The van der Waals surface area contributed by atoms with Gasteiger partial charge in [-0.05, 0) is 23.8 Å². The van der Waals surface area contributed by atoms with Crippen LogP contribution < -0.4 is 4.90 Å². The Hall–Kier alpha value is -3.74. The van der Waals surface area contributed by atoms with Gasteiger partial charge in [-0.1, -0.05) is 36.4 Å². The number of H-pyrrole nitrogens is 1. The molecule has 1 amide bonds. The molecule has 7 nitrogen and oxygen atoms in total. The summed E-state index contributed by atoms with van der Waals surface area (Å²) in [6, 6.07) is 17.9. The molecule has 0 radical (unpaired) electrons. The average molecular weight is 410 g/mol. The van der Waals surface area contributed by atoms with Crippen molar-refractivity contribution in [3.8, 4) is 0 Å². The molecule has 0 unspecified atom stereocenters. The zero-order chi connectivity index (χ0) is 20.8. The van der Waals surface area contributed by atoms with Gasteiger partial charge in [-0.3, -0.25) is 9.78 Å². The number of pyridine rings is 1. The van der Waals surface area contributed by atoms with Crippen molar-refractivity contribution >= 4 is 22.8 Å². The Morgan fingerprint density at radius 2 is 1.81 bits per heavy atom. The van der Waals surface area contributed by atoms with Gasteiger partial charge in [0.15, 0.2) is 0 Å². The molecular formula is C24H22N6O. The van der Waals surface area contributed by atoms with E-state index >= 15 is 0 Å². The lowest BCUT2D eigenvalue weighted by atomic mass is 9.89. The molecule has 1 N–H and O–H groups in total. The first-order valence-corrected chi connectivity index (χ1v) is 10.6. The van der Waals surface area contributed by atoms with E-state index in [0.717, 1.165) is 36.5 Å². The molecule has 1 aromatic carbocycles. The van der Waals surface area contributed by atoms with E-state index in [1.807, 2.05) is 47.5 Å². The van der Waals surface area contributed by atoms with Gasteiger partial charge < -0.3 is 14.8 Å². The number of hydrogen-bond donors (Lipinski definition) is 1. The van der Waals surface area contributed by atoms with Gasteiger partial charge in [0.05, 0.1) is 11.4 Å². The van der Waals surface area contributed by atoms with Gasteiger partial charge in [0, 0.05) is 43.9 Å². The number of aromatic nitrogens is 4. The number of nitrogens with zero attached hydrogens (tertiary/aromatic N) is 5. The maximum Gasteiger partial charge on any atom is 0.272 e. The van der Waals surface area contributed by atoms with Crippen molar-refractivity contribution in [3.05, 3.63) is 84.6 Å². The molecule has 3 atom stereocenters. The Morgan fingerprint density at radius 3 is 2.65 bits per heavy atom. The number of carbonyl (C=O) groups is 1. The molecule has 7 heteroatoms. The molecule has 2 aliphatic heterocycles. The molecule has 5 heterocycles. The lowest BCUT2D eigenvalue weighted by molar-refractivity contribution is 0.0709. The molecule has 31 heavy (non-hydrogen) atoms. The molecule has 2 fully saturated rings. The first-order valence-electron chi connectivity index (χ1n) is 10.6. The van der Waals surface area contributed by atoms with E-state index < -0.39 is 0 Å². The van der Waals surface area contributed by atoms with Crippen LogP contribution in [0.25, 0.3) is 11.0 Å². The summed E-state index contributed by atoms with van der Waals surface area (Å²) in [7, 11) is 0. The first kappa shape index (κ1) is 18.1. The fraction of sp³-hybridized carbons (Fsp3) is 0.250. The monoisotopic (exact) mass is 410 g/mol. The fourth-order valence-electron chi connectivity index (χ4n) is 5.25. The smallest absolute Gasteiger partial charge is 0.272 e. The van der Waals surface area contributed by atoms with Crippen LogP contribution in [0.3, 0.4) is 0 Å². The minimum absolute atomic E-state index is 0.00506. The topological polar surface area (TPSA) is 78.0 Å². The summed E-state index contributed by atoms with van der Waals surface area (Å²) >= 11 is 0. The van der Waals surface area contributed by atoms with E-state index in [1.165, 1.54) is 5.56 Å². The molecule has 0 aliphatic carbocycles. The predicted molar refractivity (Wildman–Crippen MR) is 118 cm³/mol. The number of rotatable bonds is 3. The quantitative estimate of drug-likeness (QED) is 0.561. The number of aromatic amines is 1. The molecule has 4 aromatic rings. The van der Waals surface area contributed by atoms with E-state index in [4.69, 9.17) is 0 Å². The van der Waals surface area contributed by atoms with Crippen molar-refractivity contribution in [1.82, 2.24) is 24.8 Å². The summed E-state index contributed by atoms with van der Waals surface area (Å²) in [5.74, 6) is 1.68. The lowest BCUT2D eigenvalue weighted by Gasteiger charge is -2.30. The van der Waals surface area contributed by atoms with Crippen molar-refractivity contribution in [1.29, 1.82) is 0 Å². The first-order chi connectivity index (χ1) is 15.3. The van der Waals surface area contributed by atoms with Crippen LogP contribution in [0.2, 0.25) is 0 Å². The van der Waals surface area contributed by atoms with Gasteiger partial charge >= 0.3 is 0 Å². The van der Waals surface area contributed by atoms with E-state index in [1.54, 1.807) is 18.6 Å². The number of hydrogen-bond acceptors (Lipinski definition) is 5. The summed E-state index contributed by atoms with van der Waals surface area (Å²) in [5.41, 5.74) is 2.54. The third kappa shape index (κ3) is 2.96. The average Bonchev–Trinajstić information content (AvgIpc) is 3.53. The molecule has 6 rings (SSSR count). The van der Waals surface area contributed by atoms with Crippen LogP contribution in [-0.4, -0.2) is 50.4 Å². The summed E-state index contributed by atoms with van der Waals surface area (Å²) < 4.78 is 0. The van der Waals surface area contributed by atoms with Crippen molar-refractivity contribution in [2.45, 2.75) is 6.04 Å². The standard InChI is InChI=1S/C24H22N6O/c31-24(20-8-4-5-10-25-20)30-13-17-12-29(23-18-9-11-26-22(18)27-15-28-23)14-19(17)21(30)16-6-2-1-3-7-16/h1-11,15,17,19,21H,12-14H2,(H,26,27,28)/t17-,19-,21-/m0/s1. The number of amides is 1. The second-order valence-electron chi connectivity index (χ2n) is 8.29. The summed E-state index contributed by atoms with van der Waals surface area (Å²) in [6.07, 6.45) is 5.20.